The molecule has 0 aliphatic carbocycles. The van der Waals surface area contributed by atoms with E-state index in [1.807, 2.05) is 0 Å². The van der Waals surface area contributed by atoms with E-state index in [4.69, 9.17) is 22.1 Å². The van der Waals surface area contributed by atoms with E-state index in [9.17, 15) is 13.2 Å². The molecule has 0 heterocycles. The average molecular weight is 300 g/mol. The second-order valence-corrected chi connectivity index (χ2v) is 4.98. The van der Waals surface area contributed by atoms with Crippen LogP contribution in [-0.4, -0.2) is 24.4 Å². The van der Waals surface area contributed by atoms with Crippen LogP contribution in [0, 0.1) is 0 Å². The summed E-state index contributed by atoms with van der Waals surface area (Å²) in [4.78, 5) is 0. The summed E-state index contributed by atoms with van der Waals surface area (Å²) in [5.41, 5.74) is 2.02. The number of nitrogens with two attached hydrogens (primary N) is 1. The van der Waals surface area contributed by atoms with Crippen LogP contribution in [-0.2, 0) is 6.42 Å². The highest BCUT2D eigenvalue weighted by molar-refractivity contribution is 8.00. The Balaban J connectivity index is 2.55. The zero-order valence-electron chi connectivity index (χ0n) is 9.47. The minimum absolute atomic E-state index is 0.0501. The number of halogens is 4. The zero-order valence-corrected chi connectivity index (χ0v) is 11.0. The van der Waals surface area contributed by atoms with Crippen molar-refractivity contribution in [3.05, 3.63) is 28.8 Å². The van der Waals surface area contributed by atoms with Crippen molar-refractivity contribution < 1.29 is 17.9 Å². The molecular formula is C11H13ClF3NOS. The van der Waals surface area contributed by atoms with Gasteiger partial charge in [0.25, 0.3) is 0 Å². The summed E-state index contributed by atoms with van der Waals surface area (Å²) in [6, 6.07) is 5.18. The number of para-hydroxylation sites is 1. The second-order valence-electron chi connectivity index (χ2n) is 3.41. The van der Waals surface area contributed by atoms with E-state index in [1.165, 1.54) is 0 Å². The molecule has 0 atom stereocenters. The van der Waals surface area contributed by atoms with Crippen LogP contribution in [0.25, 0.3) is 0 Å². The Morgan fingerprint density at radius 2 is 2.06 bits per heavy atom. The third-order valence-corrected chi connectivity index (χ3v) is 3.05. The van der Waals surface area contributed by atoms with Crippen molar-refractivity contribution >= 4 is 23.4 Å². The summed E-state index contributed by atoms with van der Waals surface area (Å²) in [6.45, 7) is 0.374. The van der Waals surface area contributed by atoms with Crippen molar-refractivity contribution in [2.24, 2.45) is 5.73 Å². The molecule has 1 rings (SSSR count). The van der Waals surface area contributed by atoms with Crippen LogP contribution in [0.1, 0.15) is 5.56 Å². The third kappa shape index (κ3) is 5.37. The van der Waals surface area contributed by atoms with E-state index in [1.54, 1.807) is 18.2 Å². The van der Waals surface area contributed by atoms with Crippen LogP contribution in [0.5, 0.6) is 5.75 Å². The molecule has 18 heavy (non-hydrogen) atoms. The maximum atomic E-state index is 11.9. The van der Waals surface area contributed by atoms with E-state index in [0.29, 0.717) is 23.7 Å². The third-order valence-electron chi connectivity index (χ3n) is 2.06. The van der Waals surface area contributed by atoms with Gasteiger partial charge in [-0.2, -0.15) is 13.2 Å². The molecule has 0 aliphatic heterocycles. The molecule has 2 nitrogen and oxygen atoms in total. The van der Waals surface area contributed by atoms with Gasteiger partial charge >= 0.3 is 5.51 Å². The smallest absolute Gasteiger partial charge is 0.441 e. The molecule has 1 aromatic rings. The molecule has 0 fully saturated rings. The lowest BCUT2D eigenvalue weighted by molar-refractivity contribution is -0.0329. The van der Waals surface area contributed by atoms with E-state index < -0.39 is 5.51 Å². The number of hydrogen-bond donors (Lipinski definition) is 1. The lowest BCUT2D eigenvalue weighted by Crippen LogP contribution is -2.10. The number of hydrogen-bond acceptors (Lipinski definition) is 3. The molecule has 1 aromatic carbocycles. The summed E-state index contributed by atoms with van der Waals surface area (Å²) in [7, 11) is 0. The van der Waals surface area contributed by atoms with Gasteiger partial charge in [-0.05, 0) is 36.4 Å². The minimum atomic E-state index is -4.23. The van der Waals surface area contributed by atoms with Crippen molar-refractivity contribution in [2.45, 2.75) is 11.9 Å². The Labute approximate surface area is 113 Å². The van der Waals surface area contributed by atoms with Crippen molar-refractivity contribution in [1.29, 1.82) is 0 Å². The normalized spacial score (nSPS) is 11.6. The highest BCUT2D eigenvalue weighted by Crippen LogP contribution is 2.31. The summed E-state index contributed by atoms with van der Waals surface area (Å²) in [5, 5.41) is 0.387. The molecule has 0 aliphatic rings. The largest absolute Gasteiger partial charge is 0.491 e. The number of alkyl halides is 3. The molecule has 0 saturated carbocycles. The molecule has 0 aromatic heterocycles. The van der Waals surface area contributed by atoms with Gasteiger partial charge in [0.15, 0.2) is 0 Å². The van der Waals surface area contributed by atoms with Crippen LogP contribution < -0.4 is 10.5 Å². The summed E-state index contributed by atoms with van der Waals surface area (Å²) >= 11 is 5.82. The quantitative estimate of drug-likeness (QED) is 0.817. The monoisotopic (exact) mass is 299 g/mol. The Morgan fingerprint density at radius 1 is 1.33 bits per heavy atom. The summed E-state index contributed by atoms with van der Waals surface area (Å²) in [5.74, 6) is 0.254. The zero-order chi connectivity index (χ0) is 13.6. The number of rotatable bonds is 6. The topological polar surface area (TPSA) is 35.2 Å². The highest BCUT2D eigenvalue weighted by atomic mass is 35.5. The van der Waals surface area contributed by atoms with Gasteiger partial charge in [-0.1, -0.05) is 23.7 Å². The molecule has 0 radical (unpaired) electrons. The van der Waals surface area contributed by atoms with Gasteiger partial charge in [-0.25, -0.2) is 0 Å². The highest BCUT2D eigenvalue weighted by Gasteiger charge is 2.27. The van der Waals surface area contributed by atoms with Crippen LogP contribution in [0.4, 0.5) is 13.2 Å². The van der Waals surface area contributed by atoms with Gasteiger partial charge in [0.05, 0.1) is 11.6 Å². The van der Waals surface area contributed by atoms with E-state index in [2.05, 4.69) is 0 Å². The lowest BCUT2D eigenvalue weighted by atomic mass is 10.1. The van der Waals surface area contributed by atoms with Crippen molar-refractivity contribution in [3.63, 3.8) is 0 Å². The van der Waals surface area contributed by atoms with Crippen molar-refractivity contribution in [1.82, 2.24) is 0 Å². The van der Waals surface area contributed by atoms with Crippen molar-refractivity contribution in [3.8, 4) is 5.75 Å². The summed E-state index contributed by atoms with van der Waals surface area (Å²) in [6.07, 6.45) is 0.572. The first kappa shape index (κ1) is 15.5. The SMILES string of the molecule is NCCc1cccc(Cl)c1OCCSC(F)(F)F. The second kappa shape index (κ2) is 7.11. The molecule has 7 heteroatoms. The van der Waals surface area contributed by atoms with E-state index in [0.717, 1.165) is 5.56 Å². The van der Waals surface area contributed by atoms with Crippen LogP contribution in [0.2, 0.25) is 5.02 Å². The first-order valence-electron chi connectivity index (χ1n) is 5.25. The molecule has 102 valence electrons. The van der Waals surface area contributed by atoms with E-state index >= 15 is 0 Å². The molecule has 0 unspecified atom stereocenters. The van der Waals surface area contributed by atoms with Gasteiger partial charge in [-0.3, -0.25) is 0 Å². The number of ether oxygens (including phenoxy) is 1. The first-order chi connectivity index (χ1) is 8.44. The Morgan fingerprint density at radius 3 is 2.67 bits per heavy atom. The fraction of sp³-hybridized carbons (Fsp3) is 0.455. The number of thioether (sulfide) groups is 1. The Hall–Kier alpha value is -0.590. The van der Waals surface area contributed by atoms with Gasteiger partial charge in [0.1, 0.15) is 5.75 Å². The summed E-state index contributed by atoms with van der Waals surface area (Å²) < 4.78 is 41.1. The lowest BCUT2D eigenvalue weighted by Gasteiger charge is -2.13. The van der Waals surface area contributed by atoms with Crippen LogP contribution >= 0.6 is 23.4 Å². The Kier molecular flexibility index (Phi) is 6.11. The molecule has 0 spiro atoms. The average Bonchev–Trinajstić information content (AvgIpc) is 2.26. The maximum absolute atomic E-state index is 11.9. The standard InChI is InChI=1S/C11H13ClF3NOS/c12-9-3-1-2-8(4-5-16)10(9)17-6-7-18-11(13,14)15/h1-3H,4-7,16H2. The van der Waals surface area contributed by atoms with E-state index in [-0.39, 0.29) is 24.1 Å². The predicted molar refractivity (Wildman–Crippen MR) is 68.2 cm³/mol. The van der Waals surface area contributed by atoms with Gasteiger partial charge < -0.3 is 10.5 Å². The number of benzene rings is 1. The minimum Gasteiger partial charge on any atom is -0.491 e. The van der Waals surface area contributed by atoms with Crippen LogP contribution in [0.3, 0.4) is 0 Å². The van der Waals surface area contributed by atoms with Crippen molar-refractivity contribution in [2.75, 3.05) is 18.9 Å². The Bertz CT molecular complexity index is 387. The molecule has 0 amide bonds. The molecule has 0 saturated heterocycles. The predicted octanol–water partition coefficient (Wildman–Crippen LogP) is 3.47. The van der Waals surface area contributed by atoms with Gasteiger partial charge in [0.2, 0.25) is 0 Å². The van der Waals surface area contributed by atoms with Gasteiger partial charge in [-0.15, -0.1) is 0 Å². The fourth-order valence-electron chi connectivity index (χ4n) is 1.37. The van der Waals surface area contributed by atoms with Crippen LogP contribution in [0.15, 0.2) is 18.2 Å². The molecule has 0 bridgehead atoms. The fourth-order valence-corrected chi connectivity index (χ4v) is 2.02. The first-order valence-corrected chi connectivity index (χ1v) is 6.61. The molecular weight excluding hydrogens is 287 g/mol. The maximum Gasteiger partial charge on any atom is 0.441 e. The van der Waals surface area contributed by atoms with Gasteiger partial charge in [0, 0.05) is 5.75 Å². The molecule has 2 N–H and O–H groups in total.